The number of nitrogens with two attached hydrogens (primary N) is 1. The molecule has 1 saturated heterocycles. The van der Waals surface area contributed by atoms with E-state index in [1.165, 1.54) is 16.3 Å². The zero-order valence-electron chi connectivity index (χ0n) is 15.9. The number of aromatic nitrogens is 1. The van der Waals surface area contributed by atoms with Crippen LogP contribution in [0, 0.1) is 0 Å². The summed E-state index contributed by atoms with van der Waals surface area (Å²) < 4.78 is 5.76. The average molecular weight is 362 g/mol. The highest BCUT2D eigenvalue weighted by atomic mass is 16.5. The lowest BCUT2D eigenvalue weighted by molar-refractivity contribution is 0.0340. The third kappa shape index (κ3) is 3.18. The Bertz CT molecular complexity index is 926. The first-order valence-corrected chi connectivity index (χ1v) is 9.36. The Balaban J connectivity index is 1.86. The Kier molecular flexibility index (Phi) is 4.83. The number of piperazine rings is 1. The zero-order valence-corrected chi connectivity index (χ0v) is 15.9. The van der Waals surface area contributed by atoms with Crippen LogP contribution in [0.2, 0.25) is 0 Å². The minimum absolute atomic E-state index is 0.0804. The molecule has 2 unspecified atom stereocenters. The molecule has 0 spiro atoms. The average Bonchev–Trinajstić information content (AvgIpc) is 2.73. The number of hydrogen-bond acceptors (Lipinski definition) is 5. The molecule has 5 nitrogen and oxygen atoms in total. The van der Waals surface area contributed by atoms with Gasteiger partial charge in [0.25, 0.3) is 0 Å². The van der Waals surface area contributed by atoms with E-state index in [0.29, 0.717) is 0 Å². The van der Waals surface area contributed by atoms with Crippen LogP contribution in [0.3, 0.4) is 0 Å². The number of nitrogens with one attached hydrogen (secondary N) is 1. The molecule has 1 aliphatic rings. The van der Waals surface area contributed by atoms with E-state index < -0.39 is 5.66 Å². The van der Waals surface area contributed by atoms with Crippen molar-refractivity contribution in [1.82, 2.24) is 15.2 Å². The molecule has 2 aromatic carbocycles. The number of pyridine rings is 1. The molecule has 0 aliphatic carbocycles. The van der Waals surface area contributed by atoms with Gasteiger partial charge in [-0.2, -0.15) is 0 Å². The maximum Gasteiger partial charge on any atom is 0.124 e. The predicted molar refractivity (Wildman–Crippen MR) is 109 cm³/mol. The van der Waals surface area contributed by atoms with E-state index in [1.807, 2.05) is 25.1 Å². The summed E-state index contributed by atoms with van der Waals surface area (Å²) in [5.41, 5.74) is 8.23. The summed E-state index contributed by atoms with van der Waals surface area (Å²) in [4.78, 5) is 6.88. The third-order valence-electron chi connectivity index (χ3n) is 5.51. The van der Waals surface area contributed by atoms with Gasteiger partial charge < -0.3 is 15.8 Å². The van der Waals surface area contributed by atoms with Crippen molar-refractivity contribution in [3.05, 3.63) is 72.1 Å². The zero-order chi connectivity index (χ0) is 18.9. The van der Waals surface area contributed by atoms with E-state index in [2.05, 4.69) is 51.6 Å². The van der Waals surface area contributed by atoms with Gasteiger partial charge in [0.2, 0.25) is 0 Å². The Morgan fingerprint density at radius 3 is 2.74 bits per heavy atom. The van der Waals surface area contributed by atoms with Gasteiger partial charge in [-0.1, -0.05) is 36.4 Å². The second-order valence-electron chi connectivity index (χ2n) is 7.18. The third-order valence-corrected chi connectivity index (χ3v) is 5.51. The van der Waals surface area contributed by atoms with Crippen LogP contribution in [0.15, 0.2) is 60.8 Å². The van der Waals surface area contributed by atoms with E-state index in [-0.39, 0.29) is 6.04 Å². The van der Waals surface area contributed by atoms with Crippen molar-refractivity contribution >= 4 is 10.8 Å². The second kappa shape index (κ2) is 7.27. The van der Waals surface area contributed by atoms with Crippen molar-refractivity contribution in [3.8, 4) is 5.75 Å². The van der Waals surface area contributed by atoms with Crippen LogP contribution in [0.4, 0.5) is 0 Å². The van der Waals surface area contributed by atoms with Gasteiger partial charge in [-0.25, -0.2) is 0 Å². The van der Waals surface area contributed by atoms with Gasteiger partial charge in [-0.3, -0.25) is 9.88 Å². The monoisotopic (exact) mass is 362 g/mol. The number of fused-ring (bicyclic) bond motifs is 1. The molecule has 1 aromatic heterocycles. The largest absolute Gasteiger partial charge is 0.496 e. The van der Waals surface area contributed by atoms with E-state index in [1.54, 1.807) is 13.3 Å². The summed E-state index contributed by atoms with van der Waals surface area (Å²) in [6, 6.07) is 18.6. The van der Waals surface area contributed by atoms with Gasteiger partial charge in [-0.05, 0) is 35.9 Å². The predicted octanol–water partition coefficient (Wildman–Crippen LogP) is 3.02. The normalized spacial score (nSPS) is 20.3. The summed E-state index contributed by atoms with van der Waals surface area (Å²) in [5, 5.41) is 5.94. The molecule has 3 aromatic rings. The summed E-state index contributed by atoms with van der Waals surface area (Å²) in [6.07, 6.45) is 1.80. The standard InChI is InChI=1S/C22H26N4O/c1-22(23,20-9-5-6-12-25-20)26-14-13-24-15-18(26)21-17-8-4-3-7-16(17)10-11-19(21)27-2/h3-12,18,24H,13-15,23H2,1-2H3. The summed E-state index contributed by atoms with van der Waals surface area (Å²) in [7, 11) is 1.73. The first kappa shape index (κ1) is 17.9. The SMILES string of the molecule is COc1ccc2ccccc2c1C1CNCCN1C(C)(N)c1ccccn1. The molecule has 27 heavy (non-hydrogen) atoms. The van der Waals surface area contributed by atoms with Gasteiger partial charge in [0.05, 0.1) is 18.8 Å². The highest BCUT2D eigenvalue weighted by Gasteiger charge is 2.39. The molecule has 5 heteroatoms. The van der Waals surface area contributed by atoms with Crippen molar-refractivity contribution < 1.29 is 4.74 Å². The van der Waals surface area contributed by atoms with Crippen LogP contribution in [-0.4, -0.2) is 36.6 Å². The van der Waals surface area contributed by atoms with Crippen LogP contribution < -0.4 is 15.8 Å². The number of nitrogens with zero attached hydrogens (tertiary/aromatic N) is 2. The molecule has 1 fully saturated rings. The summed E-state index contributed by atoms with van der Waals surface area (Å²) in [5.74, 6) is 0.893. The molecule has 3 N–H and O–H groups in total. The number of benzene rings is 2. The molecule has 0 radical (unpaired) electrons. The molecule has 4 rings (SSSR count). The maximum atomic E-state index is 6.87. The van der Waals surface area contributed by atoms with Crippen molar-refractivity contribution in [1.29, 1.82) is 0 Å². The summed E-state index contributed by atoms with van der Waals surface area (Å²) >= 11 is 0. The molecular weight excluding hydrogens is 336 g/mol. The van der Waals surface area contributed by atoms with Crippen LogP contribution in [0.5, 0.6) is 5.75 Å². The van der Waals surface area contributed by atoms with Crippen LogP contribution in [-0.2, 0) is 5.66 Å². The highest BCUT2D eigenvalue weighted by Crippen LogP contribution is 2.40. The molecule has 140 valence electrons. The lowest BCUT2D eigenvalue weighted by Crippen LogP contribution is -2.59. The molecule has 0 amide bonds. The molecule has 0 bridgehead atoms. The topological polar surface area (TPSA) is 63.4 Å². The van der Waals surface area contributed by atoms with E-state index in [4.69, 9.17) is 10.5 Å². The van der Waals surface area contributed by atoms with Crippen LogP contribution >= 0.6 is 0 Å². The lowest BCUT2D eigenvalue weighted by atomic mass is 9.92. The molecular formula is C22H26N4O. The fraction of sp³-hybridized carbons (Fsp3) is 0.318. The fourth-order valence-corrected chi connectivity index (χ4v) is 4.12. The number of ether oxygens (including phenoxy) is 1. The number of hydrogen-bond donors (Lipinski definition) is 2. The van der Waals surface area contributed by atoms with Crippen molar-refractivity contribution in [2.75, 3.05) is 26.7 Å². The fourth-order valence-electron chi connectivity index (χ4n) is 4.12. The first-order valence-electron chi connectivity index (χ1n) is 9.36. The van der Waals surface area contributed by atoms with E-state index in [0.717, 1.165) is 31.1 Å². The maximum absolute atomic E-state index is 6.87. The molecule has 2 heterocycles. The highest BCUT2D eigenvalue weighted by molar-refractivity contribution is 5.88. The number of rotatable bonds is 4. The van der Waals surface area contributed by atoms with Gasteiger partial charge >= 0.3 is 0 Å². The van der Waals surface area contributed by atoms with Crippen LogP contribution in [0.25, 0.3) is 10.8 Å². The first-order chi connectivity index (χ1) is 13.1. The van der Waals surface area contributed by atoms with E-state index in [9.17, 15) is 0 Å². The Morgan fingerprint density at radius 2 is 1.96 bits per heavy atom. The van der Waals surface area contributed by atoms with Crippen molar-refractivity contribution in [2.24, 2.45) is 5.73 Å². The lowest BCUT2D eigenvalue weighted by Gasteiger charge is -2.46. The Labute approximate surface area is 160 Å². The summed E-state index contributed by atoms with van der Waals surface area (Å²) in [6.45, 7) is 4.58. The minimum atomic E-state index is -0.685. The molecule has 2 atom stereocenters. The Morgan fingerprint density at radius 1 is 1.15 bits per heavy atom. The van der Waals surface area contributed by atoms with Crippen LogP contribution in [0.1, 0.15) is 24.2 Å². The van der Waals surface area contributed by atoms with Gasteiger partial charge in [0.15, 0.2) is 0 Å². The molecule has 0 saturated carbocycles. The van der Waals surface area contributed by atoms with Gasteiger partial charge in [-0.15, -0.1) is 0 Å². The quantitative estimate of drug-likeness (QED) is 0.747. The van der Waals surface area contributed by atoms with Crippen molar-refractivity contribution in [2.45, 2.75) is 18.6 Å². The van der Waals surface area contributed by atoms with E-state index >= 15 is 0 Å². The van der Waals surface area contributed by atoms with Gasteiger partial charge in [0.1, 0.15) is 11.4 Å². The second-order valence-corrected chi connectivity index (χ2v) is 7.18. The Hall–Kier alpha value is -2.47. The number of methoxy groups -OCH3 is 1. The smallest absolute Gasteiger partial charge is 0.124 e. The minimum Gasteiger partial charge on any atom is -0.496 e. The van der Waals surface area contributed by atoms with Gasteiger partial charge in [0, 0.05) is 31.4 Å². The van der Waals surface area contributed by atoms with Crippen molar-refractivity contribution in [3.63, 3.8) is 0 Å². The molecule has 1 aliphatic heterocycles.